The molecule has 1 aromatic heterocycles. The first-order valence-electron chi connectivity index (χ1n) is 9.51. The van der Waals surface area contributed by atoms with Gasteiger partial charge in [0.05, 0.1) is 0 Å². The number of aryl methyl sites for hydroxylation is 3. The van der Waals surface area contributed by atoms with Gasteiger partial charge in [-0.25, -0.2) is 9.97 Å². The van der Waals surface area contributed by atoms with E-state index in [2.05, 4.69) is 26.7 Å². The van der Waals surface area contributed by atoms with Crippen LogP contribution in [0.5, 0.6) is 0 Å². The molecule has 1 fully saturated rings. The molecule has 2 N–H and O–H groups in total. The molecule has 1 aliphatic rings. The molecule has 2 aromatic rings. The molecule has 3 rings (SSSR count). The van der Waals surface area contributed by atoms with Crippen molar-refractivity contribution < 1.29 is 4.79 Å². The van der Waals surface area contributed by atoms with E-state index in [1.807, 2.05) is 32.9 Å². The molecule has 138 valence electrons. The Hall–Kier alpha value is -2.43. The summed E-state index contributed by atoms with van der Waals surface area (Å²) in [6.07, 6.45) is 7.44. The normalized spacial score (nSPS) is 15.3. The molecule has 0 bridgehead atoms. The van der Waals surface area contributed by atoms with Crippen LogP contribution in [0.3, 0.4) is 0 Å². The zero-order valence-corrected chi connectivity index (χ0v) is 15.9. The molecular formula is C21H28N4O. The first kappa shape index (κ1) is 18.4. The van der Waals surface area contributed by atoms with Gasteiger partial charge in [-0.3, -0.25) is 4.79 Å². The third-order valence-electron chi connectivity index (χ3n) is 4.76. The molecular weight excluding hydrogens is 324 g/mol. The number of amides is 1. The molecule has 1 amide bonds. The van der Waals surface area contributed by atoms with Crippen LogP contribution in [0, 0.1) is 20.8 Å². The number of nitrogens with zero attached hydrogens (tertiary/aromatic N) is 2. The van der Waals surface area contributed by atoms with E-state index in [9.17, 15) is 4.79 Å². The lowest BCUT2D eigenvalue weighted by Gasteiger charge is -2.17. The molecule has 0 atom stereocenters. The number of aromatic nitrogens is 2. The fourth-order valence-electron chi connectivity index (χ4n) is 3.63. The Morgan fingerprint density at radius 3 is 2.23 bits per heavy atom. The maximum Gasteiger partial charge on any atom is 0.274 e. The number of benzene rings is 1. The van der Waals surface area contributed by atoms with Gasteiger partial charge >= 0.3 is 0 Å². The molecule has 26 heavy (non-hydrogen) atoms. The molecule has 5 nitrogen and oxygen atoms in total. The standard InChI is InChI=1S/C21H28N4O/c1-14-10-15(2)12-18(11-14)25-21(26)19-13-20(23-16(3)22-19)24-17-8-6-4-5-7-9-17/h10-13,17H,4-9H2,1-3H3,(H,25,26)(H,22,23,24). The molecule has 1 aliphatic carbocycles. The number of nitrogens with one attached hydrogen (secondary N) is 2. The van der Waals surface area contributed by atoms with Gasteiger partial charge in [0.25, 0.3) is 5.91 Å². The Balaban J connectivity index is 1.74. The second-order valence-electron chi connectivity index (χ2n) is 7.35. The summed E-state index contributed by atoms with van der Waals surface area (Å²) < 4.78 is 0. The van der Waals surface area contributed by atoms with E-state index in [4.69, 9.17) is 0 Å². The van der Waals surface area contributed by atoms with Gasteiger partial charge in [0, 0.05) is 17.8 Å². The van der Waals surface area contributed by atoms with E-state index in [0.717, 1.165) is 35.5 Å². The number of carbonyl (C=O) groups is 1. The van der Waals surface area contributed by atoms with Crippen molar-refractivity contribution in [1.29, 1.82) is 0 Å². The summed E-state index contributed by atoms with van der Waals surface area (Å²) in [6, 6.07) is 8.20. The minimum Gasteiger partial charge on any atom is -0.367 e. The molecule has 0 aliphatic heterocycles. The number of hydrogen-bond donors (Lipinski definition) is 2. The van der Waals surface area contributed by atoms with Crippen LogP contribution in [0.4, 0.5) is 11.5 Å². The third kappa shape index (κ3) is 5.04. The smallest absolute Gasteiger partial charge is 0.274 e. The number of rotatable bonds is 4. The van der Waals surface area contributed by atoms with Crippen molar-refractivity contribution in [3.8, 4) is 0 Å². The first-order chi connectivity index (χ1) is 12.5. The van der Waals surface area contributed by atoms with E-state index in [0.29, 0.717) is 17.6 Å². The van der Waals surface area contributed by atoms with Gasteiger partial charge in [0.2, 0.25) is 0 Å². The highest BCUT2D eigenvalue weighted by Crippen LogP contribution is 2.21. The van der Waals surface area contributed by atoms with Crippen molar-refractivity contribution in [3.05, 3.63) is 46.9 Å². The topological polar surface area (TPSA) is 66.9 Å². The summed E-state index contributed by atoms with van der Waals surface area (Å²) in [5.41, 5.74) is 3.43. The molecule has 0 saturated heterocycles. The predicted molar refractivity (Wildman–Crippen MR) is 106 cm³/mol. The Morgan fingerprint density at radius 1 is 0.923 bits per heavy atom. The lowest BCUT2D eigenvalue weighted by Crippen LogP contribution is -2.21. The van der Waals surface area contributed by atoms with Gasteiger partial charge in [-0.1, -0.05) is 31.7 Å². The third-order valence-corrected chi connectivity index (χ3v) is 4.76. The Labute approximate surface area is 155 Å². The predicted octanol–water partition coefficient (Wildman–Crippen LogP) is 4.79. The van der Waals surface area contributed by atoms with Gasteiger partial charge in [-0.2, -0.15) is 0 Å². The minimum atomic E-state index is -0.204. The Morgan fingerprint density at radius 2 is 1.58 bits per heavy atom. The average molecular weight is 352 g/mol. The highest BCUT2D eigenvalue weighted by Gasteiger charge is 2.15. The van der Waals surface area contributed by atoms with Gasteiger partial charge in [-0.05, 0) is 56.9 Å². The van der Waals surface area contributed by atoms with Crippen LogP contribution in [-0.2, 0) is 0 Å². The average Bonchev–Trinajstić information content (AvgIpc) is 2.82. The molecule has 1 heterocycles. The number of carbonyl (C=O) groups excluding carboxylic acids is 1. The largest absolute Gasteiger partial charge is 0.367 e. The Bertz CT molecular complexity index is 759. The quantitative estimate of drug-likeness (QED) is 0.777. The summed E-state index contributed by atoms with van der Waals surface area (Å²) in [4.78, 5) is 21.5. The summed E-state index contributed by atoms with van der Waals surface area (Å²) in [7, 11) is 0. The van der Waals surface area contributed by atoms with Crippen LogP contribution in [0.1, 0.15) is 66.0 Å². The second kappa shape index (κ2) is 8.30. The highest BCUT2D eigenvalue weighted by molar-refractivity contribution is 6.03. The van der Waals surface area contributed by atoms with Gasteiger partial charge < -0.3 is 10.6 Å². The maximum atomic E-state index is 12.7. The lowest BCUT2D eigenvalue weighted by atomic mass is 10.1. The Kier molecular flexibility index (Phi) is 5.86. The van der Waals surface area contributed by atoms with Crippen molar-refractivity contribution in [3.63, 3.8) is 0 Å². The maximum absolute atomic E-state index is 12.7. The zero-order valence-electron chi connectivity index (χ0n) is 15.9. The molecule has 0 radical (unpaired) electrons. The molecule has 0 spiro atoms. The van der Waals surface area contributed by atoms with Crippen LogP contribution in [0.2, 0.25) is 0 Å². The summed E-state index contributed by atoms with van der Waals surface area (Å²) >= 11 is 0. The SMILES string of the molecule is Cc1cc(C)cc(NC(=O)c2cc(NC3CCCCCC3)nc(C)n2)c1. The van der Waals surface area contributed by atoms with E-state index in [-0.39, 0.29) is 5.91 Å². The molecule has 5 heteroatoms. The monoisotopic (exact) mass is 352 g/mol. The highest BCUT2D eigenvalue weighted by atomic mass is 16.1. The van der Waals surface area contributed by atoms with Crippen LogP contribution in [0.15, 0.2) is 24.3 Å². The van der Waals surface area contributed by atoms with Crippen molar-refractivity contribution in [2.24, 2.45) is 0 Å². The van der Waals surface area contributed by atoms with E-state index in [1.165, 1.54) is 25.7 Å². The molecule has 1 aromatic carbocycles. The van der Waals surface area contributed by atoms with Gasteiger partial charge in [0.15, 0.2) is 0 Å². The summed E-state index contributed by atoms with van der Waals surface area (Å²) in [5, 5.41) is 6.46. The second-order valence-corrected chi connectivity index (χ2v) is 7.35. The van der Waals surface area contributed by atoms with Crippen molar-refractivity contribution in [1.82, 2.24) is 9.97 Å². The van der Waals surface area contributed by atoms with Crippen molar-refractivity contribution in [2.45, 2.75) is 65.3 Å². The van der Waals surface area contributed by atoms with Gasteiger partial charge in [-0.15, -0.1) is 0 Å². The summed E-state index contributed by atoms with van der Waals surface area (Å²) in [5.74, 6) is 1.15. The van der Waals surface area contributed by atoms with Gasteiger partial charge in [0.1, 0.15) is 17.3 Å². The van der Waals surface area contributed by atoms with Crippen molar-refractivity contribution in [2.75, 3.05) is 10.6 Å². The van der Waals surface area contributed by atoms with E-state index >= 15 is 0 Å². The lowest BCUT2D eigenvalue weighted by molar-refractivity contribution is 0.102. The zero-order chi connectivity index (χ0) is 18.5. The first-order valence-corrected chi connectivity index (χ1v) is 9.51. The number of anilines is 2. The van der Waals surface area contributed by atoms with Crippen LogP contribution in [-0.4, -0.2) is 21.9 Å². The van der Waals surface area contributed by atoms with E-state index in [1.54, 1.807) is 6.07 Å². The molecule has 1 saturated carbocycles. The number of hydrogen-bond acceptors (Lipinski definition) is 4. The van der Waals surface area contributed by atoms with Crippen LogP contribution < -0.4 is 10.6 Å². The minimum absolute atomic E-state index is 0.204. The fourth-order valence-corrected chi connectivity index (χ4v) is 3.63. The van der Waals surface area contributed by atoms with Crippen molar-refractivity contribution >= 4 is 17.4 Å². The summed E-state index contributed by atoms with van der Waals surface area (Å²) in [6.45, 7) is 5.87. The van der Waals surface area contributed by atoms with E-state index < -0.39 is 0 Å². The fraction of sp³-hybridized carbons (Fsp3) is 0.476. The van der Waals surface area contributed by atoms with Crippen LogP contribution >= 0.6 is 0 Å². The van der Waals surface area contributed by atoms with Crippen LogP contribution in [0.25, 0.3) is 0 Å². The molecule has 0 unspecified atom stereocenters.